The highest BCUT2D eigenvalue weighted by Crippen LogP contribution is 2.40. The second kappa shape index (κ2) is 10.3. The first-order valence-corrected chi connectivity index (χ1v) is 13.2. The second-order valence-corrected chi connectivity index (χ2v) is 11.3. The number of H-pyrrole nitrogens is 1. The first-order valence-electron chi connectivity index (χ1n) is 12.9. The van der Waals surface area contributed by atoms with E-state index in [1.54, 1.807) is 36.3 Å². The third kappa shape index (κ3) is 5.04. The van der Waals surface area contributed by atoms with E-state index in [0.717, 1.165) is 33.3 Å². The number of nitrogens with one attached hydrogen (secondary N) is 1. The van der Waals surface area contributed by atoms with Gasteiger partial charge in [-0.2, -0.15) is 0 Å². The van der Waals surface area contributed by atoms with Gasteiger partial charge in [0, 0.05) is 34.2 Å². The van der Waals surface area contributed by atoms with Gasteiger partial charge < -0.3 is 19.7 Å². The minimum Gasteiger partial charge on any atom is -0.507 e. The van der Waals surface area contributed by atoms with Gasteiger partial charge in [-0.3, -0.25) is 9.59 Å². The number of carbonyl (C=O) groups is 2. The summed E-state index contributed by atoms with van der Waals surface area (Å²) in [6.07, 6.45) is 2.43. The van der Waals surface area contributed by atoms with Crippen LogP contribution in [-0.4, -0.2) is 40.3 Å². The molecule has 1 aromatic heterocycles. The van der Waals surface area contributed by atoms with E-state index in [1.165, 1.54) is 0 Å². The number of benzene rings is 3. The summed E-state index contributed by atoms with van der Waals surface area (Å²) in [5.41, 5.74) is 4.31. The molecule has 0 spiro atoms. The predicted octanol–water partition coefficient (Wildman–Crippen LogP) is 6.79. The van der Waals surface area contributed by atoms with Crippen LogP contribution in [0, 0.1) is 0 Å². The van der Waals surface area contributed by atoms with Crippen LogP contribution in [0.25, 0.3) is 16.7 Å². The van der Waals surface area contributed by atoms with Crippen molar-refractivity contribution in [2.75, 3.05) is 13.7 Å². The number of halogens is 1. The lowest BCUT2D eigenvalue weighted by Crippen LogP contribution is -2.31. The van der Waals surface area contributed by atoms with Crippen LogP contribution in [0.1, 0.15) is 49.1 Å². The Morgan fingerprint density at radius 1 is 1.03 bits per heavy atom. The molecule has 7 heteroatoms. The van der Waals surface area contributed by atoms with Crippen molar-refractivity contribution in [2.24, 2.45) is 0 Å². The molecule has 1 aliphatic rings. The summed E-state index contributed by atoms with van der Waals surface area (Å²) in [5.74, 6) is -0.805. The lowest BCUT2D eigenvalue weighted by Gasteiger charge is -2.26. The van der Waals surface area contributed by atoms with Crippen molar-refractivity contribution in [3.05, 3.63) is 106 Å². The lowest BCUT2D eigenvalue weighted by molar-refractivity contribution is -0.139. The molecule has 1 atom stereocenters. The number of aliphatic hydroxyl groups excluding tert-OH is 1. The molecule has 4 aromatic rings. The van der Waals surface area contributed by atoms with E-state index in [4.69, 9.17) is 16.3 Å². The number of ketones is 1. The van der Waals surface area contributed by atoms with Crippen LogP contribution in [0.3, 0.4) is 0 Å². The topological polar surface area (TPSA) is 82.6 Å². The van der Waals surface area contributed by atoms with E-state index in [2.05, 4.69) is 25.8 Å². The number of methoxy groups -OCH3 is 1. The monoisotopic (exact) mass is 542 g/mol. The summed E-state index contributed by atoms with van der Waals surface area (Å²) < 4.78 is 5.39. The Morgan fingerprint density at radius 3 is 2.36 bits per heavy atom. The molecule has 1 fully saturated rings. The molecule has 0 bridgehead atoms. The quantitative estimate of drug-likeness (QED) is 0.160. The van der Waals surface area contributed by atoms with Crippen LogP contribution >= 0.6 is 11.6 Å². The molecule has 2 heterocycles. The highest BCUT2D eigenvalue weighted by Gasteiger charge is 2.46. The van der Waals surface area contributed by atoms with Crippen molar-refractivity contribution >= 4 is 40.0 Å². The average molecular weight is 543 g/mol. The number of rotatable bonds is 6. The number of aromatic nitrogens is 1. The van der Waals surface area contributed by atoms with Crippen LogP contribution in [0.2, 0.25) is 5.02 Å². The molecular formula is C32H31ClN2O4. The van der Waals surface area contributed by atoms with Crippen molar-refractivity contribution in [3.63, 3.8) is 0 Å². The van der Waals surface area contributed by atoms with Gasteiger partial charge in [0.2, 0.25) is 0 Å². The normalized spacial score (nSPS) is 17.3. The van der Waals surface area contributed by atoms with Crippen LogP contribution in [0.5, 0.6) is 5.75 Å². The molecule has 0 unspecified atom stereocenters. The molecule has 0 radical (unpaired) electrons. The van der Waals surface area contributed by atoms with Crippen LogP contribution < -0.4 is 4.74 Å². The maximum absolute atomic E-state index is 13.4. The standard InChI is InChI=1S/C32H31ClN2O4/c1-32(2,3)22-9-5-19(6-10-22)28-27(29(36)20-7-11-23(33)12-8-20)30(37)31(38)35(28)16-15-21-18-34-26-14-13-24(39-4)17-25(21)26/h5-14,17-18,28,34,36H,15-16H2,1-4H3/t28-/m0/s1. The Kier molecular flexibility index (Phi) is 7.00. The van der Waals surface area contributed by atoms with E-state index in [0.29, 0.717) is 17.0 Å². The molecule has 3 aromatic carbocycles. The minimum atomic E-state index is -0.727. The largest absolute Gasteiger partial charge is 0.507 e. The molecule has 0 aliphatic carbocycles. The third-order valence-electron chi connectivity index (χ3n) is 7.35. The summed E-state index contributed by atoms with van der Waals surface area (Å²) >= 11 is 6.04. The number of ether oxygens (including phenoxy) is 1. The zero-order valence-corrected chi connectivity index (χ0v) is 23.2. The number of aromatic amines is 1. The van der Waals surface area contributed by atoms with Crippen LogP contribution in [-0.2, 0) is 21.4 Å². The van der Waals surface area contributed by atoms with Gasteiger partial charge in [0.25, 0.3) is 11.7 Å². The van der Waals surface area contributed by atoms with Crippen molar-refractivity contribution in [1.29, 1.82) is 0 Å². The van der Waals surface area contributed by atoms with Gasteiger partial charge in [0.05, 0.1) is 18.7 Å². The van der Waals surface area contributed by atoms with Gasteiger partial charge in [0.15, 0.2) is 0 Å². The number of likely N-dealkylation sites (tertiary alicyclic amines) is 1. The first-order chi connectivity index (χ1) is 18.6. The molecule has 1 amide bonds. The van der Waals surface area contributed by atoms with Gasteiger partial charge in [-0.1, -0.05) is 56.6 Å². The summed E-state index contributed by atoms with van der Waals surface area (Å²) in [4.78, 5) is 31.7. The zero-order chi connectivity index (χ0) is 27.9. The number of Topliss-reactive ketones (excluding diaryl/α,β-unsaturated/α-hetero) is 1. The Labute approximate surface area is 232 Å². The highest BCUT2D eigenvalue weighted by molar-refractivity contribution is 6.46. The van der Waals surface area contributed by atoms with Gasteiger partial charge >= 0.3 is 0 Å². The fraction of sp³-hybridized carbons (Fsp3) is 0.250. The molecule has 6 nitrogen and oxygen atoms in total. The number of aliphatic hydroxyl groups is 1. The predicted molar refractivity (Wildman–Crippen MR) is 154 cm³/mol. The number of fused-ring (bicyclic) bond motifs is 1. The smallest absolute Gasteiger partial charge is 0.295 e. The van der Waals surface area contributed by atoms with E-state index in [9.17, 15) is 14.7 Å². The van der Waals surface area contributed by atoms with E-state index in [-0.39, 0.29) is 23.3 Å². The maximum atomic E-state index is 13.4. The van der Waals surface area contributed by atoms with E-state index in [1.807, 2.05) is 48.7 Å². The Bertz CT molecular complexity index is 1580. The average Bonchev–Trinajstić information content (AvgIpc) is 3.44. The summed E-state index contributed by atoms with van der Waals surface area (Å²) in [5, 5.41) is 12.8. The van der Waals surface area contributed by atoms with Crippen LogP contribution in [0.4, 0.5) is 0 Å². The maximum Gasteiger partial charge on any atom is 0.295 e. The zero-order valence-electron chi connectivity index (χ0n) is 22.4. The minimum absolute atomic E-state index is 0.0555. The second-order valence-electron chi connectivity index (χ2n) is 10.8. The Balaban J connectivity index is 1.56. The molecule has 1 saturated heterocycles. The number of carbonyl (C=O) groups excluding carboxylic acids is 2. The van der Waals surface area contributed by atoms with Gasteiger partial charge in [-0.15, -0.1) is 0 Å². The highest BCUT2D eigenvalue weighted by atomic mass is 35.5. The number of nitrogens with zero attached hydrogens (tertiary/aromatic N) is 1. The molecule has 2 N–H and O–H groups in total. The SMILES string of the molecule is COc1ccc2[nH]cc(CCN3C(=O)C(=O)C(=C(O)c4ccc(Cl)cc4)[C@@H]3c3ccc(C(C)(C)C)cc3)c2c1. The van der Waals surface area contributed by atoms with E-state index < -0.39 is 17.7 Å². The molecule has 5 rings (SSSR count). The van der Waals surface area contributed by atoms with Crippen molar-refractivity contribution < 1.29 is 19.4 Å². The summed E-state index contributed by atoms with van der Waals surface area (Å²) in [7, 11) is 1.62. The van der Waals surface area contributed by atoms with E-state index >= 15 is 0 Å². The number of hydrogen-bond acceptors (Lipinski definition) is 4. The number of amides is 1. The van der Waals surface area contributed by atoms with Crippen molar-refractivity contribution in [1.82, 2.24) is 9.88 Å². The fourth-order valence-electron chi connectivity index (χ4n) is 5.12. The summed E-state index contributed by atoms with van der Waals surface area (Å²) in [6, 6.07) is 19.6. The molecule has 39 heavy (non-hydrogen) atoms. The molecule has 0 saturated carbocycles. The fourth-order valence-corrected chi connectivity index (χ4v) is 5.24. The third-order valence-corrected chi connectivity index (χ3v) is 7.60. The number of hydrogen-bond donors (Lipinski definition) is 2. The Morgan fingerprint density at radius 2 is 1.72 bits per heavy atom. The van der Waals surface area contributed by atoms with Crippen molar-refractivity contribution in [2.45, 2.75) is 38.6 Å². The van der Waals surface area contributed by atoms with Gasteiger partial charge in [-0.25, -0.2) is 0 Å². The summed E-state index contributed by atoms with van der Waals surface area (Å²) in [6.45, 7) is 6.68. The molecular weight excluding hydrogens is 512 g/mol. The van der Waals surface area contributed by atoms with Crippen LogP contribution in [0.15, 0.2) is 78.5 Å². The Hall–Kier alpha value is -4.03. The van der Waals surface area contributed by atoms with Gasteiger partial charge in [0.1, 0.15) is 11.5 Å². The molecule has 1 aliphatic heterocycles. The lowest BCUT2D eigenvalue weighted by atomic mass is 9.85. The van der Waals surface area contributed by atoms with Gasteiger partial charge in [-0.05, 0) is 71.0 Å². The first kappa shape index (κ1) is 26.6. The molecule has 200 valence electrons. The van der Waals surface area contributed by atoms with Crippen molar-refractivity contribution in [3.8, 4) is 5.75 Å².